The van der Waals surface area contributed by atoms with Crippen LogP contribution in [-0.2, 0) is 4.84 Å². The van der Waals surface area contributed by atoms with E-state index in [0.29, 0.717) is 0 Å². The van der Waals surface area contributed by atoms with Gasteiger partial charge in [0.25, 0.3) is 0 Å². The highest BCUT2D eigenvalue weighted by Crippen LogP contribution is 2.27. The van der Waals surface area contributed by atoms with Crippen LogP contribution in [0.2, 0.25) is 0 Å². The van der Waals surface area contributed by atoms with Gasteiger partial charge in [0.05, 0.1) is 11.0 Å². The molecule has 0 saturated heterocycles. The van der Waals surface area contributed by atoms with Crippen LogP contribution in [0.3, 0.4) is 0 Å². The number of hydrogen-bond donors (Lipinski definition) is 1. The number of halogens is 1. The third kappa shape index (κ3) is 1.68. The Morgan fingerprint density at radius 3 is 2.75 bits per heavy atom. The Hall–Kier alpha value is -1.46. The van der Waals surface area contributed by atoms with Crippen molar-refractivity contribution in [2.45, 2.75) is 6.10 Å². The molecule has 16 heavy (non-hydrogen) atoms. The maximum absolute atomic E-state index is 5.36. The predicted octanol–water partition coefficient (Wildman–Crippen LogP) is 2.44. The number of hydrogen-bond acceptors (Lipinski definition) is 4. The second-order valence-corrected chi connectivity index (χ2v) is 4.31. The minimum atomic E-state index is -0.0826. The van der Waals surface area contributed by atoms with Crippen LogP contribution in [-0.4, -0.2) is 9.97 Å². The van der Waals surface area contributed by atoms with Gasteiger partial charge >= 0.3 is 0 Å². The molecule has 80 valence electrons. The molecule has 0 fully saturated rings. The van der Waals surface area contributed by atoms with Crippen molar-refractivity contribution in [2.75, 3.05) is 0 Å². The molecule has 0 aliphatic carbocycles. The third-order valence-electron chi connectivity index (χ3n) is 2.40. The van der Waals surface area contributed by atoms with Crippen molar-refractivity contribution in [3.63, 3.8) is 0 Å². The van der Waals surface area contributed by atoms with Crippen molar-refractivity contribution >= 4 is 27.0 Å². The first kappa shape index (κ1) is 9.74. The predicted molar refractivity (Wildman–Crippen MR) is 63.5 cm³/mol. The lowest BCUT2D eigenvalue weighted by Gasteiger charge is -2.07. The number of rotatable bonds is 1. The summed E-state index contributed by atoms with van der Waals surface area (Å²) in [4.78, 5) is 13.8. The van der Waals surface area contributed by atoms with Crippen LogP contribution in [0.4, 0.5) is 0 Å². The molecule has 2 heterocycles. The smallest absolute Gasteiger partial charge is 0.131 e. The van der Waals surface area contributed by atoms with Crippen LogP contribution in [0.15, 0.2) is 41.3 Å². The molecule has 5 heteroatoms. The summed E-state index contributed by atoms with van der Waals surface area (Å²) < 4.78 is 0.844. The Kier molecular flexibility index (Phi) is 2.34. The molecule has 0 saturated carbocycles. The standard InChI is InChI=1S/C11H8BrN3O/c12-11-6-10(16-15-11)7-1-2-8-9(5-7)14-4-3-13-8/h1-6,10,15H/t10-/m0/s1. The Morgan fingerprint density at radius 1 is 1.19 bits per heavy atom. The summed E-state index contributed by atoms with van der Waals surface area (Å²) in [6, 6.07) is 5.92. The highest BCUT2D eigenvalue weighted by molar-refractivity contribution is 9.11. The van der Waals surface area contributed by atoms with E-state index in [-0.39, 0.29) is 6.10 Å². The fraction of sp³-hybridized carbons (Fsp3) is 0.0909. The number of nitrogens with one attached hydrogen (secondary N) is 1. The molecule has 0 unspecified atom stereocenters. The van der Waals surface area contributed by atoms with E-state index in [1.165, 1.54) is 0 Å². The van der Waals surface area contributed by atoms with Gasteiger partial charge in [0, 0.05) is 12.4 Å². The molecule has 1 aliphatic heterocycles. The second-order valence-electron chi connectivity index (χ2n) is 3.46. The number of hydroxylamine groups is 1. The van der Waals surface area contributed by atoms with Gasteiger partial charge in [-0.2, -0.15) is 0 Å². The molecule has 0 bridgehead atoms. The minimum absolute atomic E-state index is 0.0826. The van der Waals surface area contributed by atoms with E-state index < -0.39 is 0 Å². The van der Waals surface area contributed by atoms with Crippen molar-refractivity contribution in [3.05, 3.63) is 46.8 Å². The van der Waals surface area contributed by atoms with Crippen LogP contribution in [0.1, 0.15) is 11.7 Å². The lowest BCUT2D eigenvalue weighted by atomic mass is 10.1. The van der Waals surface area contributed by atoms with Crippen LogP contribution >= 0.6 is 15.9 Å². The molecular weight excluding hydrogens is 270 g/mol. The minimum Gasteiger partial charge on any atom is -0.263 e. The van der Waals surface area contributed by atoms with Gasteiger partial charge in [-0.05, 0) is 39.7 Å². The lowest BCUT2D eigenvalue weighted by Crippen LogP contribution is -2.05. The van der Waals surface area contributed by atoms with Gasteiger partial charge in [-0.15, -0.1) is 0 Å². The van der Waals surface area contributed by atoms with E-state index in [2.05, 4.69) is 31.4 Å². The molecule has 4 nitrogen and oxygen atoms in total. The summed E-state index contributed by atoms with van der Waals surface area (Å²) in [6.45, 7) is 0. The van der Waals surface area contributed by atoms with Crippen LogP contribution in [0.5, 0.6) is 0 Å². The van der Waals surface area contributed by atoms with Gasteiger partial charge in [0.15, 0.2) is 0 Å². The molecule has 0 amide bonds. The molecule has 1 aliphatic rings. The Labute approximate surface area is 100 Å². The lowest BCUT2D eigenvalue weighted by molar-refractivity contribution is 0.0458. The van der Waals surface area contributed by atoms with Crippen LogP contribution in [0.25, 0.3) is 11.0 Å². The van der Waals surface area contributed by atoms with Gasteiger partial charge < -0.3 is 0 Å². The first-order valence-electron chi connectivity index (χ1n) is 4.82. The van der Waals surface area contributed by atoms with E-state index >= 15 is 0 Å². The summed E-state index contributed by atoms with van der Waals surface area (Å²) in [5.41, 5.74) is 5.57. The molecule has 0 spiro atoms. The van der Waals surface area contributed by atoms with Gasteiger partial charge in [0.2, 0.25) is 0 Å². The normalized spacial score (nSPS) is 19.6. The first-order valence-corrected chi connectivity index (χ1v) is 5.62. The molecule has 1 aromatic carbocycles. The van der Waals surface area contributed by atoms with Gasteiger partial charge in [-0.25, -0.2) is 0 Å². The fourth-order valence-electron chi connectivity index (χ4n) is 1.64. The zero-order chi connectivity index (χ0) is 11.0. The van der Waals surface area contributed by atoms with E-state index in [1.54, 1.807) is 12.4 Å². The largest absolute Gasteiger partial charge is 0.263 e. The molecule has 2 aromatic rings. The summed E-state index contributed by atoms with van der Waals surface area (Å²) in [6.07, 6.45) is 5.25. The summed E-state index contributed by atoms with van der Waals surface area (Å²) in [5.74, 6) is 0. The summed E-state index contributed by atoms with van der Waals surface area (Å²) >= 11 is 3.32. The van der Waals surface area contributed by atoms with Crippen molar-refractivity contribution in [3.8, 4) is 0 Å². The molecular formula is C11H8BrN3O. The van der Waals surface area contributed by atoms with Gasteiger partial charge in [-0.3, -0.25) is 20.3 Å². The second kappa shape index (κ2) is 3.84. The first-order chi connectivity index (χ1) is 7.83. The van der Waals surface area contributed by atoms with Crippen LogP contribution < -0.4 is 5.48 Å². The molecule has 0 radical (unpaired) electrons. The van der Waals surface area contributed by atoms with E-state index in [1.807, 2.05) is 24.3 Å². The average Bonchev–Trinajstić information content (AvgIpc) is 2.75. The zero-order valence-electron chi connectivity index (χ0n) is 8.22. The highest BCUT2D eigenvalue weighted by atomic mass is 79.9. The molecule has 1 N–H and O–H groups in total. The zero-order valence-corrected chi connectivity index (χ0v) is 9.81. The number of nitrogens with zero attached hydrogens (tertiary/aromatic N) is 2. The van der Waals surface area contributed by atoms with Crippen molar-refractivity contribution in [2.24, 2.45) is 0 Å². The van der Waals surface area contributed by atoms with E-state index in [9.17, 15) is 0 Å². The van der Waals surface area contributed by atoms with Crippen molar-refractivity contribution in [1.29, 1.82) is 0 Å². The van der Waals surface area contributed by atoms with Gasteiger partial charge in [-0.1, -0.05) is 6.07 Å². The highest BCUT2D eigenvalue weighted by Gasteiger charge is 2.17. The maximum atomic E-state index is 5.36. The quantitative estimate of drug-likeness (QED) is 0.814. The Balaban J connectivity index is 2.05. The molecule has 3 rings (SSSR count). The number of benzene rings is 1. The average molecular weight is 278 g/mol. The molecule has 1 aromatic heterocycles. The Morgan fingerprint density at radius 2 is 2.00 bits per heavy atom. The number of aromatic nitrogens is 2. The number of fused-ring (bicyclic) bond motifs is 1. The molecule has 1 atom stereocenters. The summed E-state index contributed by atoms with van der Waals surface area (Å²) in [5, 5.41) is 0. The van der Waals surface area contributed by atoms with E-state index in [0.717, 1.165) is 21.2 Å². The maximum Gasteiger partial charge on any atom is 0.131 e. The topological polar surface area (TPSA) is 47.0 Å². The van der Waals surface area contributed by atoms with Crippen molar-refractivity contribution < 1.29 is 4.84 Å². The SMILES string of the molecule is BrC1=C[C@@H](c2ccc3nccnc3c2)ON1. The summed E-state index contributed by atoms with van der Waals surface area (Å²) in [7, 11) is 0. The fourth-order valence-corrected chi connectivity index (χ4v) is 1.98. The van der Waals surface area contributed by atoms with Crippen molar-refractivity contribution in [1.82, 2.24) is 15.4 Å². The van der Waals surface area contributed by atoms with E-state index in [4.69, 9.17) is 4.84 Å². The monoisotopic (exact) mass is 277 g/mol. The van der Waals surface area contributed by atoms with Crippen LogP contribution in [0, 0.1) is 0 Å². The third-order valence-corrected chi connectivity index (χ3v) is 2.83. The van der Waals surface area contributed by atoms with Gasteiger partial charge in [0.1, 0.15) is 10.7 Å². The Bertz CT molecular complexity index is 570.